The first-order valence-electron chi connectivity index (χ1n) is 6.50. The maximum Gasteiger partial charge on any atom is 0.253 e. The van der Waals surface area contributed by atoms with Gasteiger partial charge in [0.05, 0.1) is 5.52 Å². The fourth-order valence-corrected chi connectivity index (χ4v) is 2.07. The number of benzene rings is 1. The van der Waals surface area contributed by atoms with Crippen molar-refractivity contribution in [2.75, 3.05) is 0 Å². The summed E-state index contributed by atoms with van der Waals surface area (Å²) in [6.45, 7) is 4.18. The Bertz CT molecular complexity index is 659. The van der Waals surface area contributed by atoms with Gasteiger partial charge < -0.3 is 10.3 Å². The van der Waals surface area contributed by atoms with E-state index in [1.165, 1.54) is 0 Å². The second-order valence-corrected chi connectivity index (χ2v) is 4.69. The van der Waals surface area contributed by atoms with Gasteiger partial charge >= 0.3 is 0 Å². The van der Waals surface area contributed by atoms with Crippen molar-refractivity contribution < 1.29 is 4.79 Å². The van der Waals surface area contributed by atoms with Crippen molar-refractivity contribution in [3.63, 3.8) is 0 Å². The summed E-state index contributed by atoms with van der Waals surface area (Å²) < 4.78 is 0. The maximum atomic E-state index is 11.9. The molecule has 2 aromatic rings. The molecule has 1 amide bonds. The average Bonchev–Trinajstić information content (AvgIpc) is 2.38. The molecule has 1 heterocycles. The highest BCUT2D eigenvalue weighted by Gasteiger charge is 2.06. The van der Waals surface area contributed by atoms with Gasteiger partial charge in [-0.05, 0) is 30.4 Å². The number of nitrogens with one attached hydrogen (secondary N) is 2. The third-order valence-electron chi connectivity index (χ3n) is 3.12. The number of pyridine rings is 1. The van der Waals surface area contributed by atoms with Gasteiger partial charge in [0.25, 0.3) is 5.56 Å². The monoisotopic (exact) mass is 258 g/mol. The molecule has 2 rings (SSSR count). The molecule has 4 nitrogen and oxygen atoms in total. The van der Waals surface area contributed by atoms with E-state index in [9.17, 15) is 9.59 Å². The number of hydrogen-bond acceptors (Lipinski definition) is 2. The number of aromatic nitrogens is 1. The van der Waals surface area contributed by atoms with Crippen LogP contribution in [0.25, 0.3) is 10.9 Å². The molecule has 1 aromatic carbocycles. The summed E-state index contributed by atoms with van der Waals surface area (Å²) >= 11 is 0. The smallest absolute Gasteiger partial charge is 0.253 e. The summed E-state index contributed by atoms with van der Waals surface area (Å²) in [5.74, 6) is -0.0220. The fraction of sp³-hybridized carbons (Fsp3) is 0.333. The molecule has 0 saturated heterocycles. The van der Waals surface area contributed by atoms with Crippen LogP contribution in [-0.2, 0) is 11.3 Å². The minimum atomic E-state index is -0.140. The van der Waals surface area contributed by atoms with Crippen LogP contribution < -0.4 is 10.9 Å². The van der Waals surface area contributed by atoms with Gasteiger partial charge in [0.1, 0.15) is 0 Å². The van der Waals surface area contributed by atoms with Crippen LogP contribution in [0.5, 0.6) is 0 Å². The molecule has 0 atom stereocenters. The number of fused-ring (bicyclic) bond motifs is 1. The van der Waals surface area contributed by atoms with Crippen LogP contribution in [0.15, 0.2) is 29.1 Å². The Morgan fingerprint density at radius 3 is 2.89 bits per heavy atom. The average molecular weight is 258 g/mol. The van der Waals surface area contributed by atoms with E-state index in [4.69, 9.17) is 0 Å². The zero-order chi connectivity index (χ0) is 13.8. The van der Waals surface area contributed by atoms with Gasteiger partial charge in [-0.1, -0.05) is 25.1 Å². The van der Waals surface area contributed by atoms with E-state index < -0.39 is 0 Å². The molecule has 4 heteroatoms. The second kappa shape index (κ2) is 5.69. The minimum absolute atomic E-state index is 0.0220. The van der Waals surface area contributed by atoms with Crippen molar-refractivity contribution in [1.29, 1.82) is 0 Å². The molecule has 0 spiro atoms. The molecule has 0 aliphatic rings. The number of carbonyl (C=O) groups excluding carboxylic acids is 1. The third-order valence-corrected chi connectivity index (χ3v) is 3.12. The molecule has 19 heavy (non-hydrogen) atoms. The Morgan fingerprint density at radius 1 is 1.37 bits per heavy atom. The van der Waals surface area contributed by atoms with Crippen LogP contribution in [0.2, 0.25) is 0 Å². The number of aromatic amines is 1. The fourth-order valence-electron chi connectivity index (χ4n) is 2.07. The van der Waals surface area contributed by atoms with Crippen molar-refractivity contribution in [3.05, 3.63) is 45.7 Å². The number of H-pyrrole nitrogens is 1. The van der Waals surface area contributed by atoms with E-state index in [2.05, 4.69) is 10.3 Å². The molecule has 0 fully saturated rings. The molecular weight excluding hydrogens is 240 g/mol. The highest BCUT2D eigenvalue weighted by Crippen LogP contribution is 2.14. The van der Waals surface area contributed by atoms with Gasteiger partial charge in [-0.25, -0.2) is 0 Å². The Labute approximate surface area is 111 Å². The zero-order valence-corrected chi connectivity index (χ0v) is 11.2. The number of aryl methyl sites for hydroxylation is 1. The molecule has 0 bridgehead atoms. The summed E-state index contributed by atoms with van der Waals surface area (Å²) in [6.07, 6.45) is 1.30. The van der Waals surface area contributed by atoms with Crippen molar-refractivity contribution in [1.82, 2.24) is 10.3 Å². The normalized spacial score (nSPS) is 10.6. The van der Waals surface area contributed by atoms with Crippen LogP contribution in [0.3, 0.4) is 0 Å². The molecule has 2 N–H and O–H groups in total. The number of rotatable bonds is 4. The molecule has 0 saturated carbocycles. The minimum Gasteiger partial charge on any atom is -0.352 e. The lowest BCUT2D eigenvalue weighted by atomic mass is 10.1. The highest BCUT2D eigenvalue weighted by molar-refractivity contribution is 5.82. The van der Waals surface area contributed by atoms with Gasteiger partial charge in [0.15, 0.2) is 0 Å². The maximum absolute atomic E-state index is 11.9. The predicted molar refractivity (Wildman–Crippen MR) is 76.1 cm³/mol. The van der Waals surface area contributed by atoms with Gasteiger partial charge in [0.2, 0.25) is 5.91 Å². The van der Waals surface area contributed by atoms with Crippen molar-refractivity contribution in [2.45, 2.75) is 33.2 Å². The molecule has 0 unspecified atom stereocenters. The van der Waals surface area contributed by atoms with Gasteiger partial charge in [-0.3, -0.25) is 9.59 Å². The summed E-state index contributed by atoms with van der Waals surface area (Å²) in [5.41, 5.74) is 2.34. The molecular formula is C15H18N2O2. The molecule has 1 aromatic heterocycles. The van der Waals surface area contributed by atoms with E-state index in [-0.39, 0.29) is 18.0 Å². The predicted octanol–water partition coefficient (Wildman–Crippen LogP) is 2.25. The van der Waals surface area contributed by atoms with E-state index in [1.54, 1.807) is 0 Å². The lowest BCUT2D eigenvalue weighted by molar-refractivity contribution is -0.121. The van der Waals surface area contributed by atoms with Crippen molar-refractivity contribution in [3.8, 4) is 0 Å². The van der Waals surface area contributed by atoms with Gasteiger partial charge in [-0.15, -0.1) is 0 Å². The summed E-state index contributed by atoms with van der Waals surface area (Å²) in [4.78, 5) is 26.2. The number of para-hydroxylation sites is 1. The zero-order valence-electron chi connectivity index (χ0n) is 11.2. The highest BCUT2D eigenvalue weighted by atomic mass is 16.1. The number of carbonyl (C=O) groups is 1. The van der Waals surface area contributed by atoms with Gasteiger partial charge in [0, 0.05) is 18.5 Å². The van der Waals surface area contributed by atoms with Crippen molar-refractivity contribution in [2.24, 2.45) is 0 Å². The lowest BCUT2D eigenvalue weighted by Crippen LogP contribution is -2.26. The van der Waals surface area contributed by atoms with Crippen LogP contribution in [0, 0.1) is 6.92 Å². The van der Waals surface area contributed by atoms with E-state index in [0.29, 0.717) is 12.0 Å². The van der Waals surface area contributed by atoms with Crippen LogP contribution in [-0.4, -0.2) is 10.9 Å². The first kappa shape index (κ1) is 13.3. The topological polar surface area (TPSA) is 62.0 Å². The Balaban J connectivity index is 2.27. The Hall–Kier alpha value is -2.10. The van der Waals surface area contributed by atoms with Crippen LogP contribution >= 0.6 is 0 Å². The Morgan fingerprint density at radius 2 is 2.16 bits per heavy atom. The molecule has 0 aliphatic carbocycles. The second-order valence-electron chi connectivity index (χ2n) is 4.69. The van der Waals surface area contributed by atoms with Gasteiger partial charge in [-0.2, -0.15) is 0 Å². The largest absolute Gasteiger partial charge is 0.352 e. The van der Waals surface area contributed by atoms with E-state index >= 15 is 0 Å². The van der Waals surface area contributed by atoms with Crippen LogP contribution in [0.4, 0.5) is 0 Å². The molecule has 0 aliphatic heterocycles. The summed E-state index contributed by atoms with van der Waals surface area (Å²) in [6, 6.07) is 7.71. The number of amides is 1. The molecule has 0 radical (unpaired) electrons. The first-order valence-corrected chi connectivity index (χ1v) is 6.50. The molecule has 100 valence electrons. The third kappa shape index (κ3) is 3.02. The summed E-state index contributed by atoms with van der Waals surface area (Å²) in [7, 11) is 0. The van der Waals surface area contributed by atoms with E-state index in [0.717, 1.165) is 22.9 Å². The number of hydrogen-bond donors (Lipinski definition) is 2. The SMILES string of the molecule is CCCC(=O)NCc1cc2cccc(C)c2[nH]c1=O. The Kier molecular flexibility index (Phi) is 4.00. The quantitative estimate of drug-likeness (QED) is 0.883. The van der Waals surface area contributed by atoms with E-state index in [1.807, 2.05) is 38.1 Å². The van der Waals surface area contributed by atoms with Crippen LogP contribution in [0.1, 0.15) is 30.9 Å². The lowest BCUT2D eigenvalue weighted by Gasteiger charge is -2.06. The first-order chi connectivity index (χ1) is 9.11. The standard InChI is InChI=1S/C15H18N2O2/c1-3-5-13(18)16-9-12-8-11-7-4-6-10(2)14(11)17-15(12)19/h4,6-8H,3,5,9H2,1-2H3,(H,16,18)(H,17,19). The summed E-state index contributed by atoms with van der Waals surface area (Å²) in [5, 5.41) is 3.75. The van der Waals surface area contributed by atoms with Crippen molar-refractivity contribution >= 4 is 16.8 Å².